The summed E-state index contributed by atoms with van der Waals surface area (Å²) in [4.78, 5) is 11.8. The maximum atomic E-state index is 11.1. The van der Waals surface area contributed by atoms with Gasteiger partial charge in [0, 0.05) is 0 Å². The molecule has 0 aliphatic rings. The summed E-state index contributed by atoms with van der Waals surface area (Å²) in [6.07, 6.45) is 0. The maximum absolute atomic E-state index is 11.1. The van der Waals surface area contributed by atoms with Gasteiger partial charge in [0.2, 0.25) is 0 Å². The minimum atomic E-state index is -1.04. The van der Waals surface area contributed by atoms with Crippen LogP contribution in [-0.2, 0) is 4.79 Å². The van der Waals surface area contributed by atoms with E-state index in [0.29, 0.717) is 10.4 Å². The van der Waals surface area contributed by atoms with Crippen molar-refractivity contribution in [1.29, 1.82) is 0 Å². The Morgan fingerprint density at radius 1 is 1.09 bits per heavy atom. The number of carbonyl (C=O) groups is 1. The summed E-state index contributed by atoms with van der Waals surface area (Å²) in [6.45, 7) is 3.86. The molecule has 0 bridgehead atoms. The fourth-order valence-corrected chi connectivity index (χ4v) is 2.38. The van der Waals surface area contributed by atoms with Gasteiger partial charge in [0.05, 0.1) is 4.86 Å². The van der Waals surface area contributed by atoms with Gasteiger partial charge in [-0.2, -0.15) is 0 Å². The summed E-state index contributed by atoms with van der Waals surface area (Å²) >= 11 is 5.50. The Morgan fingerprint density at radius 3 is 2.18 bits per heavy atom. The Balaban J connectivity index is 0.00000242. The van der Waals surface area contributed by atoms with Crippen LogP contribution in [0.3, 0.4) is 0 Å². The van der Waals surface area contributed by atoms with Crippen LogP contribution >= 0.6 is 12.2 Å². The summed E-state index contributed by atoms with van der Waals surface area (Å²) in [5, 5.41) is 9.08. The molecule has 3 N–H and O–H groups in total. The number of aliphatic carboxylic acids is 1. The number of carboxylic acid groups (broad SMARTS) is 1. The average molecular weight is 323 g/mol. The molecular weight excluding hydrogens is 305 g/mol. The molecule has 2 aromatic carbocycles. The Bertz CT molecular complexity index is 698. The Hall–Kier alpha value is -1.04. The molecule has 0 aliphatic carbocycles. The van der Waals surface area contributed by atoms with E-state index in [-0.39, 0.29) is 29.6 Å². The Kier molecular flexibility index (Phi) is 6.91. The molecule has 0 aromatic heterocycles. The van der Waals surface area contributed by atoms with Crippen LogP contribution in [0, 0.1) is 13.8 Å². The Labute approximate surface area is 157 Å². The van der Waals surface area contributed by atoms with Crippen molar-refractivity contribution < 1.29 is 9.90 Å². The number of hydrogen-bond donors (Lipinski definition) is 2. The second kappa shape index (κ2) is 7.99. The van der Waals surface area contributed by atoms with Crippen LogP contribution in [0.25, 0.3) is 0 Å². The van der Waals surface area contributed by atoms with E-state index in [1.165, 1.54) is 5.56 Å². The molecule has 110 valence electrons. The molecule has 0 saturated carbocycles. The van der Waals surface area contributed by atoms with Gasteiger partial charge in [-0.05, 0) is 42.2 Å². The number of thiocarbonyl (C=S) groups is 1. The molecule has 0 saturated heterocycles. The van der Waals surface area contributed by atoms with Gasteiger partial charge in [0.15, 0.2) is 0 Å². The number of rotatable bonds is 4. The molecule has 2 aromatic rings. The van der Waals surface area contributed by atoms with E-state index in [4.69, 9.17) is 23.1 Å². The van der Waals surface area contributed by atoms with Crippen molar-refractivity contribution in [3.63, 3.8) is 0 Å². The van der Waals surface area contributed by atoms with Gasteiger partial charge in [-0.15, -0.1) is 0 Å². The van der Waals surface area contributed by atoms with Gasteiger partial charge >= 0.3 is 35.5 Å². The molecule has 1 unspecified atom stereocenters. The average Bonchev–Trinajstić information content (AvgIpc) is 2.47. The van der Waals surface area contributed by atoms with E-state index in [2.05, 4.69) is 0 Å². The van der Waals surface area contributed by atoms with Gasteiger partial charge in [-0.1, -0.05) is 54.2 Å². The quantitative estimate of drug-likeness (QED) is 0.515. The van der Waals surface area contributed by atoms with Crippen molar-refractivity contribution in [2.45, 2.75) is 19.9 Å². The normalized spacial score (nSPS) is 11.4. The van der Waals surface area contributed by atoms with Crippen LogP contribution in [0.15, 0.2) is 42.5 Å². The zero-order valence-corrected chi connectivity index (χ0v) is 12.8. The van der Waals surface area contributed by atoms with Crippen LogP contribution in [0.4, 0.5) is 0 Å². The number of hydrogen-bond acceptors (Lipinski definition) is 3. The van der Waals surface area contributed by atoms with E-state index in [1.807, 2.05) is 50.2 Å². The first-order chi connectivity index (χ1) is 9.90. The van der Waals surface area contributed by atoms with Crippen LogP contribution in [0.1, 0.15) is 33.9 Å². The van der Waals surface area contributed by atoms with E-state index >= 15 is 0 Å². The number of nitrogens with two attached hydrogens (primary N) is 1. The van der Waals surface area contributed by atoms with Crippen molar-refractivity contribution >= 4 is 52.6 Å². The van der Waals surface area contributed by atoms with Crippen LogP contribution < -0.4 is 5.73 Å². The molecule has 0 fully saturated rings. The summed E-state index contributed by atoms with van der Waals surface area (Å²) in [5.74, 6) is -1.04. The van der Waals surface area contributed by atoms with Gasteiger partial charge in [0.25, 0.3) is 0 Å². The second-order valence-electron chi connectivity index (χ2n) is 5.08. The van der Waals surface area contributed by atoms with Crippen LogP contribution in [-0.4, -0.2) is 45.5 Å². The van der Waals surface area contributed by atoms with Gasteiger partial charge in [-0.3, -0.25) is 4.79 Å². The van der Waals surface area contributed by atoms with Crippen molar-refractivity contribution in [3.05, 3.63) is 70.3 Å². The van der Waals surface area contributed by atoms with E-state index < -0.39 is 12.0 Å². The van der Waals surface area contributed by atoms with Crippen LogP contribution in [0.5, 0.6) is 0 Å². The molecule has 0 amide bonds. The monoisotopic (exact) mass is 323 g/mol. The fourth-order valence-electron chi connectivity index (χ4n) is 2.12. The van der Waals surface area contributed by atoms with Crippen molar-refractivity contribution in [2.75, 3.05) is 0 Å². The van der Waals surface area contributed by atoms with E-state index in [1.54, 1.807) is 6.07 Å². The molecule has 0 radical (unpaired) electrons. The Morgan fingerprint density at radius 2 is 1.64 bits per heavy atom. The zero-order chi connectivity index (χ0) is 15.6. The number of carboxylic acids is 1. The standard InChI is InChI=1S/C17H17NO2S.Na.H/c1-10-3-6-12(7-4-10)16(21)13-8-5-11(2)14(9-13)15(18)17(19)20;;/h3-9,15H,18H2,1-2H3,(H,19,20);;. The van der Waals surface area contributed by atoms with Gasteiger partial charge in [-0.25, -0.2) is 0 Å². The number of aryl methyl sites for hydroxylation is 2. The molecule has 0 spiro atoms. The summed E-state index contributed by atoms with van der Waals surface area (Å²) in [5.41, 5.74) is 10.1. The van der Waals surface area contributed by atoms with E-state index in [0.717, 1.165) is 16.7 Å². The predicted octanol–water partition coefficient (Wildman–Crippen LogP) is 2.51. The molecular formula is C17H18NNaO2S. The molecule has 22 heavy (non-hydrogen) atoms. The first kappa shape index (κ1) is 19.0. The third-order valence-electron chi connectivity index (χ3n) is 3.46. The molecule has 1 atom stereocenters. The van der Waals surface area contributed by atoms with Crippen molar-refractivity contribution in [3.8, 4) is 0 Å². The molecule has 5 heteroatoms. The molecule has 0 aliphatic heterocycles. The zero-order valence-electron chi connectivity index (χ0n) is 12.0. The fraction of sp³-hybridized carbons (Fsp3) is 0.176. The minimum absolute atomic E-state index is 0. The van der Waals surface area contributed by atoms with Gasteiger partial charge in [0.1, 0.15) is 6.04 Å². The third kappa shape index (κ3) is 4.24. The summed E-state index contributed by atoms with van der Waals surface area (Å²) in [7, 11) is 0. The molecule has 0 heterocycles. The molecule has 2 rings (SSSR count). The van der Waals surface area contributed by atoms with Crippen LogP contribution in [0.2, 0.25) is 0 Å². The second-order valence-corrected chi connectivity index (χ2v) is 5.49. The summed E-state index contributed by atoms with van der Waals surface area (Å²) < 4.78 is 0. The van der Waals surface area contributed by atoms with Gasteiger partial charge < -0.3 is 10.8 Å². The van der Waals surface area contributed by atoms with E-state index in [9.17, 15) is 4.79 Å². The first-order valence-corrected chi connectivity index (χ1v) is 7.01. The molecule has 3 nitrogen and oxygen atoms in total. The third-order valence-corrected chi connectivity index (χ3v) is 3.93. The van der Waals surface area contributed by atoms with Crippen molar-refractivity contribution in [2.24, 2.45) is 5.73 Å². The first-order valence-electron chi connectivity index (χ1n) is 6.60. The predicted molar refractivity (Wildman–Crippen MR) is 94.9 cm³/mol. The number of benzene rings is 2. The summed E-state index contributed by atoms with van der Waals surface area (Å²) in [6, 6.07) is 12.4. The van der Waals surface area contributed by atoms with Crippen molar-refractivity contribution in [1.82, 2.24) is 0 Å². The SMILES string of the molecule is Cc1ccc(C(=S)c2ccc(C)c(C(N)C(=O)O)c2)cc1.[NaH]. The topological polar surface area (TPSA) is 63.3 Å².